The molecule has 0 fully saturated rings. The van der Waals surface area contributed by atoms with Crippen LogP contribution in [0.15, 0.2) is 84.0 Å². The van der Waals surface area contributed by atoms with Crippen LogP contribution in [0.25, 0.3) is 0 Å². The molecule has 3 rings (SSSR count). The summed E-state index contributed by atoms with van der Waals surface area (Å²) in [5, 5.41) is 4.74. The van der Waals surface area contributed by atoms with Gasteiger partial charge in [0, 0.05) is 17.7 Å². The number of hydrazone groups is 1. The molecule has 0 saturated carbocycles. The molecule has 0 aliphatic carbocycles. The summed E-state index contributed by atoms with van der Waals surface area (Å²) in [6.45, 7) is 0.397. The van der Waals surface area contributed by atoms with E-state index in [9.17, 15) is 4.79 Å². The molecule has 5 nitrogen and oxygen atoms in total. The van der Waals surface area contributed by atoms with Crippen molar-refractivity contribution in [2.75, 3.05) is 7.11 Å². The predicted octanol–water partition coefficient (Wildman–Crippen LogP) is 4.76. The Morgan fingerprint density at radius 1 is 1.03 bits per heavy atom. The lowest BCUT2D eigenvalue weighted by atomic mass is 10.1. The number of benzene rings is 3. The van der Waals surface area contributed by atoms with Gasteiger partial charge in [0.15, 0.2) is 6.10 Å². The normalized spacial score (nSPS) is 11.9. The number of nitrogens with zero attached hydrogens (tertiary/aromatic N) is 1. The molecule has 0 bridgehead atoms. The van der Waals surface area contributed by atoms with Crippen LogP contribution in [0.2, 0.25) is 5.02 Å². The molecule has 0 unspecified atom stereocenters. The molecule has 0 spiro atoms. The zero-order valence-electron chi connectivity index (χ0n) is 15.9. The summed E-state index contributed by atoms with van der Waals surface area (Å²) in [6.07, 6.45) is 0.817. The second kappa shape index (κ2) is 10.4. The highest BCUT2D eigenvalue weighted by Gasteiger charge is 2.19. The Kier molecular flexibility index (Phi) is 7.39. The Hall–Kier alpha value is -3.15. The van der Waals surface area contributed by atoms with Gasteiger partial charge in [0.25, 0.3) is 5.91 Å². The fourth-order valence-electron chi connectivity index (χ4n) is 2.71. The van der Waals surface area contributed by atoms with Crippen LogP contribution in [-0.2, 0) is 16.1 Å². The van der Waals surface area contributed by atoms with Gasteiger partial charge in [-0.3, -0.25) is 4.79 Å². The summed E-state index contributed by atoms with van der Waals surface area (Å²) < 4.78 is 11.2. The standard InChI is InChI=1S/C23H21ClN2O3/c1-28-22(18-7-3-2-4-8-18)23(27)26-25-15-19-9-5-6-10-21(19)29-16-17-11-13-20(24)14-12-17/h2-15,22H,16H2,1H3,(H,26,27)/b25-15-/t22-/m1/s1. The summed E-state index contributed by atoms with van der Waals surface area (Å²) in [6, 6.07) is 24.2. The molecular weight excluding hydrogens is 388 g/mol. The van der Waals surface area contributed by atoms with Gasteiger partial charge < -0.3 is 9.47 Å². The minimum atomic E-state index is -0.732. The first-order chi connectivity index (χ1) is 14.2. The van der Waals surface area contributed by atoms with Crippen molar-refractivity contribution in [1.29, 1.82) is 0 Å². The number of ether oxygens (including phenoxy) is 2. The first-order valence-corrected chi connectivity index (χ1v) is 9.42. The summed E-state index contributed by atoms with van der Waals surface area (Å²) in [7, 11) is 1.49. The molecule has 3 aromatic carbocycles. The molecule has 3 aromatic rings. The highest BCUT2D eigenvalue weighted by atomic mass is 35.5. The van der Waals surface area contributed by atoms with Crippen LogP contribution in [0.4, 0.5) is 0 Å². The van der Waals surface area contributed by atoms with Gasteiger partial charge in [0.2, 0.25) is 0 Å². The Bertz CT molecular complexity index is 959. The van der Waals surface area contributed by atoms with Crippen molar-refractivity contribution in [3.8, 4) is 5.75 Å². The molecular formula is C23H21ClN2O3. The van der Waals surface area contributed by atoms with Crippen molar-refractivity contribution in [3.63, 3.8) is 0 Å². The van der Waals surface area contributed by atoms with Crippen LogP contribution in [0.3, 0.4) is 0 Å². The van der Waals surface area contributed by atoms with Crippen LogP contribution in [-0.4, -0.2) is 19.2 Å². The van der Waals surface area contributed by atoms with E-state index in [0.717, 1.165) is 16.7 Å². The van der Waals surface area contributed by atoms with Gasteiger partial charge in [-0.15, -0.1) is 0 Å². The van der Waals surface area contributed by atoms with Crippen LogP contribution in [0.5, 0.6) is 5.75 Å². The molecule has 0 saturated heterocycles. The van der Waals surface area contributed by atoms with Crippen molar-refractivity contribution in [1.82, 2.24) is 5.43 Å². The summed E-state index contributed by atoms with van der Waals surface area (Å²) in [4.78, 5) is 12.4. The average Bonchev–Trinajstić information content (AvgIpc) is 2.75. The van der Waals surface area contributed by atoms with Gasteiger partial charge in [-0.25, -0.2) is 5.43 Å². The maximum Gasteiger partial charge on any atom is 0.273 e. The van der Waals surface area contributed by atoms with E-state index in [-0.39, 0.29) is 5.91 Å². The van der Waals surface area contributed by atoms with E-state index in [0.29, 0.717) is 17.4 Å². The van der Waals surface area contributed by atoms with Gasteiger partial charge in [0.05, 0.1) is 6.21 Å². The third kappa shape index (κ3) is 5.91. The van der Waals surface area contributed by atoms with Gasteiger partial charge >= 0.3 is 0 Å². The third-order valence-electron chi connectivity index (χ3n) is 4.18. The minimum Gasteiger partial charge on any atom is -0.488 e. The maximum atomic E-state index is 12.4. The summed E-state index contributed by atoms with van der Waals surface area (Å²) >= 11 is 5.91. The number of amides is 1. The van der Waals surface area contributed by atoms with Crippen molar-refractivity contribution in [3.05, 3.63) is 101 Å². The molecule has 1 atom stereocenters. The van der Waals surface area contributed by atoms with E-state index < -0.39 is 6.10 Å². The Labute approximate surface area is 174 Å². The molecule has 1 N–H and O–H groups in total. The first-order valence-electron chi connectivity index (χ1n) is 9.04. The van der Waals surface area contributed by atoms with E-state index in [4.69, 9.17) is 21.1 Å². The van der Waals surface area contributed by atoms with E-state index in [1.54, 1.807) is 6.21 Å². The van der Waals surface area contributed by atoms with Crippen LogP contribution < -0.4 is 10.2 Å². The smallest absolute Gasteiger partial charge is 0.273 e. The Morgan fingerprint density at radius 3 is 2.45 bits per heavy atom. The summed E-state index contributed by atoms with van der Waals surface area (Å²) in [5.74, 6) is 0.307. The largest absolute Gasteiger partial charge is 0.488 e. The quantitative estimate of drug-likeness (QED) is 0.432. The van der Waals surface area contributed by atoms with Gasteiger partial charge in [-0.1, -0.05) is 66.2 Å². The van der Waals surface area contributed by atoms with E-state index in [2.05, 4.69) is 10.5 Å². The molecule has 0 aliphatic heterocycles. The van der Waals surface area contributed by atoms with E-state index in [1.807, 2.05) is 78.9 Å². The first kappa shape index (κ1) is 20.6. The SMILES string of the molecule is CO[C@@H](C(=O)N/N=C\c1ccccc1OCc1ccc(Cl)cc1)c1ccccc1. The second-order valence-corrected chi connectivity index (χ2v) is 6.65. The lowest BCUT2D eigenvalue weighted by Crippen LogP contribution is -2.26. The number of methoxy groups -OCH3 is 1. The Morgan fingerprint density at radius 2 is 1.72 bits per heavy atom. The van der Waals surface area contributed by atoms with Crippen molar-refractivity contribution in [2.24, 2.45) is 5.10 Å². The van der Waals surface area contributed by atoms with E-state index in [1.165, 1.54) is 7.11 Å². The van der Waals surface area contributed by atoms with Crippen LogP contribution in [0, 0.1) is 0 Å². The molecule has 0 aliphatic rings. The number of hydrogen-bond acceptors (Lipinski definition) is 4. The zero-order valence-corrected chi connectivity index (χ0v) is 16.7. The number of carbonyl (C=O) groups excluding carboxylic acids is 1. The fourth-order valence-corrected chi connectivity index (χ4v) is 2.83. The zero-order chi connectivity index (χ0) is 20.5. The monoisotopic (exact) mass is 408 g/mol. The van der Waals surface area contributed by atoms with Crippen molar-refractivity contribution < 1.29 is 14.3 Å². The molecule has 0 radical (unpaired) electrons. The number of hydrogen-bond donors (Lipinski definition) is 1. The number of halogens is 1. The Balaban J connectivity index is 1.63. The number of nitrogens with one attached hydrogen (secondary N) is 1. The van der Waals surface area contributed by atoms with E-state index >= 15 is 0 Å². The van der Waals surface area contributed by atoms with Crippen LogP contribution in [0.1, 0.15) is 22.8 Å². The fraction of sp³-hybridized carbons (Fsp3) is 0.130. The summed E-state index contributed by atoms with van der Waals surface area (Å²) in [5.41, 5.74) is 5.03. The second-order valence-electron chi connectivity index (χ2n) is 6.21. The van der Waals surface area contributed by atoms with Crippen LogP contribution >= 0.6 is 11.6 Å². The average molecular weight is 409 g/mol. The van der Waals surface area contributed by atoms with Gasteiger partial charge in [-0.2, -0.15) is 5.10 Å². The lowest BCUT2D eigenvalue weighted by Gasteiger charge is -2.13. The maximum absolute atomic E-state index is 12.4. The van der Waals surface area contributed by atoms with Gasteiger partial charge in [-0.05, 0) is 35.4 Å². The highest BCUT2D eigenvalue weighted by molar-refractivity contribution is 6.30. The van der Waals surface area contributed by atoms with Crippen molar-refractivity contribution in [2.45, 2.75) is 12.7 Å². The predicted molar refractivity (Wildman–Crippen MR) is 114 cm³/mol. The lowest BCUT2D eigenvalue weighted by molar-refractivity contribution is -0.131. The minimum absolute atomic E-state index is 0.352. The molecule has 6 heteroatoms. The highest BCUT2D eigenvalue weighted by Crippen LogP contribution is 2.19. The van der Waals surface area contributed by atoms with Gasteiger partial charge in [0.1, 0.15) is 12.4 Å². The number of para-hydroxylation sites is 1. The molecule has 0 aromatic heterocycles. The third-order valence-corrected chi connectivity index (χ3v) is 4.43. The molecule has 148 valence electrons. The number of carbonyl (C=O) groups is 1. The number of rotatable bonds is 8. The molecule has 29 heavy (non-hydrogen) atoms. The molecule has 0 heterocycles. The topological polar surface area (TPSA) is 59.9 Å². The molecule has 1 amide bonds. The van der Waals surface area contributed by atoms with Crippen molar-refractivity contribution >= 4 is 23.7 Å².